The van der Waals surface area contributed by atoms with Gasteiger partial charge in [0.2, 0.25) is 0 Å². The first kappa shape index (κ1) is 29.5. The minimum Gasteiger partial charge on any atom is -0.497 e. The third kappa shape index (κ3) is 9.03. The zero-order chi connectivity index (χ0) is 22.8. The molecule has 1 heterocycles. The van der Waals surface area contributed by atoms with Crippen LogP contribution in [0.2, 0.25) is 0 Å². The summed E-state index contributed by atoms with van der Waals surface area (Å²) in [6.07, 6.45) is 3.58. The van der Waals surface area contributed by atoms with Crippen LogP contribution in [0.25, 0.3) is 0 Å². The Hall–Kier alpha value is -2.51. The summed E-state index contributed by atoms with van der Waals surface area (Å²) in [6.45, 7) is 2.79. The molecule has 0 aliphatic carbocycles. The standard InChI is InChI=1S/C26H32N2O4.2ClH/c1-19(28-16-22(29)18-32-25-5-4-14-27-17-25)15-26(20-6-10-23(30-2)11-7-20)21-8-12-24(31-3)13-9-21;;/h4-14,17,19,22,26,28-29H,15-16,18H2,1-3H3;2*1H/t19-,22-;;/m0../s1. The Kier molecular flexibility index (Phi) is 13.4. The van der Waals surface area contributed by atoms with Crippen LogP contribution in [0.4, 0.5) is 0 Å². The third-order valence-corrected chi connectivity index (χ3v) is 5.40. The van der Waals surface area contributed by atoms with E-state index in [1.165, 1.54) is 11.1 Å². The van der Waals surface area contributed by atoms with Gasteiger partial charge in [-0.1, -0.05) is 24.3 Å². The lowest BCUT2D eigenvalue weighted by Gasteiger charge is -2.24. The van der Waals surface area contributed by atoms with Gasteiger partial charge in [0, 0.05) is 24.7 Å². The van der Waals surface area contributed by atoms with Gasteiger partial charge < -0.3 is 24.6 Å². The number of pyridine rings is 1. The minimum atomic E-state index is -0.613. The summed E-state index contributed by atoms with van der Waals surface area (Å²) < 4.78 is 16.2. The van der Waals surface area contributed by atoms with Crippen molar-refractivity contribution >= 4 is 24.8 Å². The topological polar surface area (TPSA) is 72.8 Å². The van der Waals surface area contributed by atoms with E-state index < -0.39 is 6.10 Å². The Bertz CT molecular complexity index is 880. The lowest BCUT2D eigenvalue weighted by molar-refractivity contribution is 0.103. The highest BCUT2D eigenvalue weighted by atomic mass is 35.5. The second-order valence-corrected chi connectivity index (χ2v) is 7.80. The van der Waals surface area contributed by atoms with Crippen molar-refractivity contribution in [3.8, 4) is 17.2 Å². The van der Waals surface area contributed by atoms with E-state index in [4.69, 9.17) is 14.2 Å². The van der Waals surface area contributed by atoms with Crippen LogP contribution in [0.15, 0.2) is 73.1 Å². The smallest absolute Gasteiger partial charge is 0.137 e. The number of nitrogens with one attached hydrogen (secondary N) is 1. The summed E-state index contributed by atoms with van der Waals surface area (Å²) in [4.78, 5) is 4.01. The SMILES string of the molecule is COc1ccc(C(C[C@H](C)NC[C@H](O)COc2cccnc2)c2ccc(OC)cc2)cc1.Cl.Cl. The predicted molar refractivity (Wildman–Crippen MR) is 140 cm³/mol. The molecule has 3 aromatic rings. The number of rotatable bonds is 12. The Morgan fingerprint density at radius 2 is 1.41 bits per heavy atom. The van der Waals surface area contributed by atoms with E-state index >= 15 is 0 Å². The number of benzene rings is 2. The third-order valence-electron chi connectivity index (χ3n) is 5.40. The van der Waals surface area contributed by atoms with E-state index in [0.29, 0.717) is 12.3 Å². The largest absolute Gasteiger partial charge is 0.497 e. The average Bonchev–Trinajstić information content (AvgIpc) is 2.85. The van der Waals surface area contributed by atoms with Crippen LogP contribution in [-0.4, -0.2) is 49.6 Å². The zero-order valence-corrected chi connectivity index (χ0v) is 21.4. The first-order chi connectivity index (χ1) is 15.6. The van der Waals surface area contributed by atoms with Crippen molar-refractivity contribution in [3.63, 3.8) is 0 Å². The molecule has 0 aliphatic rings. The van der Waals surface area contributed by atoms with Crippen molar-refractivity contribution in [2.45, 2.75) is 31.4 Å². The minimum absolute atomic E-state index is 0. The van der Waals surface area contributed by atoms with Gasteiger partial charge in [0.25, 0.3) is 0 Å². The zero-order valence-electron chi connectivity index (χ0n) is 19.7. The van der Waals surface area contributed by atoms with Crippen LogP contribution in [0.1, 0.15) is 30.4 Å². The molecular weight excluding hydrogens is 475 g/mol. The summed E-state index contributed by atoms with van der Waals surface area (Å²) in [7, 11) is 3.34. The van der Waals surface area contributed by atoms with Crippen LogP contribution in [-0.2, 0) is 0 Å². The van der Waals surface area contributed by atoms with Gasteiger partial charge >= 0.3 is 0 Å². The fourth-order valence-electron chi connectivity index (χ4n) is 3.59. The second kappa shape index (κ2) is 15.4. The van der Waals surface area contributed by atoms with Crippen molar-refractivity contribution < 1.29 is 19.3 Å². The Labute approximate surface area is 214 Å². The molecule has 0 aliphatic heterocycles. The van der Waals surface area contributed by atoms with Gasteiger partial charge in [-0.3, -0.25) is 4.98 Å². The molecule has 1 aromatic heterocycles. The molecular formula is C26H34Cl2N2O4. The first-order valence-electron chi connectivity index (χ1n) is 10.8. The highest BCUT2D eigenvalue weighted by Crippen LogP contribution is 2.31. The fraction of sp³-hybridized carbons (Fsp3) is 0.346. The van der Waals surface area contributed by atoms with Gasteiger partial charge in [-0.15, -0.1) is 24.8 Å². The lowest BCUT2D eigenvalue weighted by atomic mass is 9.86. The number of aliphatic hydroxyl groups excluding tert-OH is 1. The quantitative estimate of drug-likeness (QED) is 0.363. The van der Waals surface area contributed by atoms with E-state index in [9.17, 15) is 5.11 Å². The number of aromatic nitrogens is 1. The van der Waals surface area contributed by atoms with Crippen molar-refractivity contribution in [1.82, 2.24) is 10.3 Å². The molecule has 186 valence electrons. The molecule has 2 aromatic carbocycles. The number of nitrogens with zero attached hydrogens (tertiary/aromatic N) is 1. The van der Waals surface area contributed by atoms with Crippen molar-refractivity contribution in [3.05, 3.63) is 84.2 Å². The van der Waals surface area contributed by atoms with Crippen LogP contribution in [0, 0.1) is 0 Å². The molecule has 34 heavy (non-hydrogen) atoms. The summed E-state index contributed by atoms with van der Waals surface area (Å²) in [6, 6.07) is 20.2. The summed E-state index contributed by atoms with van der Waals surface area (Å²) in [5.74, 6) is 2.52. The molecule has 2 N–H and O–H groups in total. The average molecular weight is 509 g/mol. The molecule has 0 bridgehead atoms. The molecule has 0 spiro atoms. The number of aliphatic hydroxyl groups is 1. The molecule has 0 saturated heterocycles. The maximum absolute atomic E-state index is 10.3. The van der Waals surface area contributed by atoms with E-state index in [1.54, 1.807) is 32.7 Å². The maximum atomic E-state index is 10.3. The molecule has 0 amide bonds. The van der Waals surface area contributed by atoms with E-state index in [-0.39, 0.29) is 43.4 Å². The molecule has 0 fully saturated rings. The molecule has 3 rings (SSSR count). The van der Waals surface area contributed by atoms with Gasteiger partial charge in [-0.25, -0.2) is 0 Å². The Balaban J connectivity index is 0.00000289. The monoisotopic (exact) mass is 508 g/mol. The van der Waals surface area contributed by atoms with Crippen molar-refractivity contribution in [2.24, 2.45) is 0 Å². The van der Waals surface area contributed by atoms with Crippen LogP contribution >= 0.6 is 24.8 Å². The second-order valence-electron chi connectivity index (χ2n) is 7.80. The van der Waals surface area contributed by atoms with E-state index in [2.05, 4.69) is 41.5 Å². The normalized spacial score (nSPS) is 12.1. The van der Waals surface area contributed by atoms with Gasteiger partial charge in [-0.2, -0.15) is 0 Å². The van der Waals surface area contributed by atoms with Gasteiger partial charge in [0.05, 0.1) is 20.4 Å². The molecule has 0 unspecified atom stereocenters. The molecule has 0 saturated carbocycles. The fourth-order valence-corrected chi connectivity index (χ4v) is 3.59. The predicted octanol–water partition coefficient (Wildman–Crippen LogP) is 4.88. The van der Waals surface area contributed by atoms with E-state index in [1.807, 2.05) is 30.3 Å². The van der Waals surface area contributed by atoms with Crippen molar-refractivity contribution in [2.75, 3.05) is 27.4 Å². The van der Waals surface area contributed by atoms with Crippen LogP contribution in [0.3, 0.4) is 0 Å². The highest BCUT2D eigenvalue weighted by Gasteiger charge is 2.19. The van der Waals surface area contributed by atoms with E-state index in [0.717, 1.165) is 17.9 Å². The lowest BCUT2D eigenvalue weighted by Crippen LogP contribution is -2.37. The van der Waals surface area contributed by atoms with Crippen LogP contribution < -0.4 is 19.5 Å². The maximum Gasteiger partial charge on any atom is 0.137 e. The molecule has 8 heteroatoms. The summed E-state index contributed by atoms with van der Waals surface area (Å²) in [5.41, 5.74) is 2.43. The number of methoxy groups -OCH3 is 2. The van der Waals surface area contributed by atoms with Gasteiger partial charge in [-0.05, 0) is 60.9 Å². The van der Waals surface area contributed by atoms with Gasteiger partial charge in [0.1, 0.15) is 30.0 Å². The number of hydrogen-bond acceptors (Lipinski definition) is 6. The number of ether oxygens (including phenoxy) is 3. The Morgan fingerprint density at radius 1 is 0.853 bits per heavy atom. The number of halogens is 2. The van der Waals surface area contributed by atoms with Gasteiger partial charge in [0.15, 0.2) is 0 Å². The number of hydrogen-bond donors (Lipinski definition) is 2. The molecule has 2 atom stereocenters. The molecule has 0 radical (unpaired) electrons. The molecule has 6 nitrogen and oxygen atoms in total. The summed E-state index contributed by atoms with van der Waals surface area (Å²) >= 11 is 0. The summed E-state index contributed by atoms with van der Waals surface area (Å²) in [5, 5.41) is 13.7. The highest BCUT2D eigenvalue weighted by molar-refractivity contribution is 5.85. The van der Waals surface area contributed by atoms with Crippen LogP contribution in [0.5, 0.6) is 17.2 Å². The van der Waals surface area contributed by atoms with Crippen molar-refractivity contribution in [1.29, 1.82) is 0 Å². The Morgan fingerprint density at radius 3 is 1.88 bits per heavy atom. The first-order valence-corrected chi connectivity index (χ1v) is 10.8.